The molecule has 1 amide bonds. The number of carbonyl (C=O) groups is 1. The van der Waals surface area contributed by atoms with Crippen molar-refractivity contribution >= 4 is 5.91 Å². The highest BCUT2D eigenvalue weighted by Crippen LogP contribution is 2.18. The first-order chi connectivity index (χ1) is 12.6. The first kappa shape index (κ1) is 18.6. The van der Waals surface area contributed by atoms with Crippen molar-refractivity contribution in [3.8, 4) is 5.69 Å². The van der Waals surface area contributed by atoms with Crippen LogP contribution in [-0.2, 0) is 6.42 Å². The second-order valence-electron chi connectivity index (χ2n) is 7.20. The van der Waals surface area contributed by atoms with E-state index in [9.17, 15) is 4.79 Å². The molecule has 0 aliphatic carbocycles. The Morgan fingerprint density at radius 2 is 1.88 bits per heavy atom. The Morgan fingerprint density at radius 1 is 1.19 bits per heavy atom. The number of hydrogen-bond donors (Lipinski definition) is 1. The topological polar surface area (TPSA) is 50.2 Å². The Balaban J connectivity index is 1.69. The van der Waals surface area contributed by atoms with Gasteiger partial charge in [0.05, 0.1) is 23.1 Å². The quantitative estimate of drug-likeness (QED) is 0.865. The second-order valence-corrected chi connectivity index (χ2v) is 7.20. The van der Waals surface area contributed by atoms with Crippen LogP contribution < -0.4 is 5.32 Å². The van der Waals surface area contributed by atoms with Crippen molar-refractivity contribution < 1.29 is 4.79 Å². The van der Waals surface area contributed by atoms with Gasteiger partial charge in [-0.1, -0.05) is 31.5 Å². The van der Waals surface area contributed by atoms with E-state index in [0.717, 1.165) is 50.3 Å². The summed E-state index contributed by atoms with van der Waals surface area (Å²) in [6, 6.07) is 8.50. The smallest absolute Gasteiger partial charge is 0.254 e. The zero-order valence-electron chi connectivity index (χ0n) is 16.2. The number of amides is 1. The van der Waals surface area contributed by atoms with E-state index in [0.29, 0.717) is 5.56 Å². The molecule has 0 unspecified atom stereocenters. The van der Waals surface area contributed by atoms with E-state index in [1.165, 1.54) is 12.0 Å². The molecule has 0 radical (unpaired) electrons. The molecule has 5 heteroatoms. The van der Waals surface area contributed by atoms with E-state index in [1.54, 1.807) is 6.20 Å². The lowest BCUT2D eigenvalue weighted by atomic mass is 10.0. The fourth-order valence-electron chi connectivity index (χ4n) is 3.69. The largest absolute Gasteiger partial charge is 0.349 e. The first-order valence-electron chi connectivity index (χ1n) is 9.79. The van der Waals surface area contributed by atoms with Gasteiger partial charge in [-0.15, -0.1) is 0 Å². The summed E-state index contributed by atoms with van der Waals surface area (Å²) >= 11 is 0. The van der Waals surface area contributed by atoms with Crippen LogP contribution in [0.3, 0.4) is 0 Å². The van der Waals surface area contributed by atoms with Gasteiger partial charge in [0.25, 0.3) is 5.91 Å². The molecule has 1 aromatic carbocycles. The van der Waals surface area contributed by atoms with E-state index in [-0.39, 0.29) is 11.9 Å². The summed E-state index contributed by atoms with van der Waals surface area (Å²) in [5, 5.41) is 7.71. The Labute approximate surface area is 156 Å². The van der Waals surface area contributed by atoms with Crippen LogP contribution in [-0.4, -0.2) is 46.3 Å². The maximum atomic E-state index is 12.8. The summed E-state index contributed by atoms with van der Waals surface area (Å²) in [4.78, 5) is 15.3. The van der Waals surface area contributed by atoms with E-state index in [4.69, 9.17) is 0 Å². The van der Waals surface area contributed by atoms with Crippen molar-refractivity contribution in [1.29, 1.82) is 0 Å². The van der Waals surface area contributed by atoms with Crippen LogP contribution in [0, 0.1) is 6.92 Å². The van der Waals surface area contributed by atoms with Gasteiger partial charge in [-0.05, 0) is 51.3 Å². The standard InChI is InChI=1S/C21H30N4O/c1-4-12-24-13-10-17(11-14-24)23-21(26)19-15-22-25(20(19)5-2)18-8-6-16(3)7-9-18/h6-9,15,17H,4-5,10-14H2,1-3H3,(H,23,26). The molecule has 26 heavy (non-hydrogen) atoms. The van der Waals surface area contributed by atoms with Gasteiger partial charge in [-0.25, -0.2) is 4.68 Å². The van der Waals surface area contributed by atoms with E-state index in [1.807, 2.05) is 16.8 Å². The molecule has 1 aromatic heterocycles. The molecule has 0 bridgehead atoms. The third-order valence-electron chi connectivity index (χ3n) is 5.19. The van der Waals surface area contributed by atoms with Crippen molar-refractivity contribution in [3.63, 3.8) is 0 Å². The lowest BCUT2D eigenvalue weighted by Gasteiger charge is -2.32. The summed E-state index contributed by atoms with van der Waals surface area (Å²) in [7, 11) is 0. The minimum Gasteiger partial charge on any atom is -0.349 e. The summed E-state index contributed by atoms with van der Waals surface area (Å²) in [5.41, 5.74) is 3.88. The number of rotatable bonds is 6. The zero-order chi connectivity index (χ0) is 18.5. The van der Waals surface area contributed by atoms with Gasteiger partial charge in [-0.2, -0.15) is 5.10 Å². The van der Waals surface area contributed by atoms with Crippen molar-refractivity contribution in [2.24, 2.45) is 0 Å². The van der Waals surface area contributed by atoms with Crippen LogP contribution >= 0.6 is 0 Å². The maximum Gasteiger partial charge on any atom is 0.254 e. The lowest BCUT2D eigenvalue weighted by molar-refractivity contribution is 0.0910. The molecule has 3 rings (SSSR count). The number of nitrogens with one attached hydrogen (secondary N) is 1. The Bertz CT molecular complexity index is 727. The molecule has 1 aliphatic heterocycles. The molecule has 5 nitrogen and oxygen atoms in total. The van der Waals surface area contributed by atoms with Crippen molar-refractivity contribution in [3.05, 3.63) is 47.3 Å². The summed E-state index contributed by atoms with van der Waals surface area (Å²) in [5.74, 6) is 0.00848. The monoisotopic (exact) mass is 354 g/mol. The van der Waals surface area contributed by atoms with Crippen LogP contribution in [0.25, 0.3) is 5.69 Å². The molecule has 0 spiro atoms. The average molecular weight is 354 g/mol. The number of likely N-dealkylation sites (tertiary alicyclic amines) is 1. The van der Waals surface area contributed by atoms with Crippen molar-refractivity contribution in [1.82, 2.24) is 20.0 Å². The van der Waals surface area contributed by atoms with Gasteiger partial charge in [-0.3, -0.25) is 4.79 Å². The Hall–Kier alpha value is -2.14. The highest BCUT2D eigenvalue weighted by atomic mass is 16.1. The predicted molar refractivity (Wildman–Crippen MR) is 105 cm³/mol. The minimum atomic E-state index is 0.00848. The molecule has 2 heterocycles. The Morgan fingerprint density at radius 3 is 2.50 bits per heavy atom. The molecule has 140 valence electrons. The molecule has 1 aliphatic rings. The highest BCUT2D eigenvalue weighted by Gasteiger charge is 2.23. The van der Waals surface area contributed by atoms with Crippen LogP contribution in [0.15, 0.2) is 30.5 Å². The van der Waals surface area contributed by atoms with Gasteiger partial charge in [0.1, 0.15) is 0 Å². The fraction of sp³-hybridized carbons (Fsp3) is 0.524. The number of carbonyl (C=O) groups excluding carboxylic acids is 1. The third kappa shape index (κ3) is 4.15. The van der Waals surface area contributed by atoms with Crippen molar-refractivity contribution in [2.45, 2.75) is 52.5 Å². The normalized spacial score (nSPS) is 16.0. The van der Waals surface area contributed by atoms with Gasteiger partial charge < -0.3 is 10.2 Å². The van der Waals surface area contributed by atoms with Crippen molar-refractivity contribution in [2.75, 3.05) is 19.6 Å². The molecule has 1 N–H and O–H groups in total. The minimum absolute atomic E-state index is 0.00848. The van der Waals surface area contributed by atoms with Crippen LogP contribution in [0.2, 0.25) is 0 Å². The predicted octanol–water partition coefficient (Wildman–Crippen LogP) is 3.35. The number of aromatic nitrogens is 2. The van der Waals surface area contributed by atoms with E-state index < -0.39 is 0 Å². The first-order valence-corrected chi connectivity index (χ1v) is 9.79. The molecular weight excluding hydrogens is 324 g/mol. The van der Waals surface area contributed by atoms with E-state index >= 15 is 0 Å². The molecular formula is C21H30N4O. The fourth-order valence-corrected chi connectivity index (χ4v) is 3.69. The molecule has 2 aromatic rings. The van der Waals surface area contributed by atoms with Crippen LogP contribution in [0.5, 0.6) is 0 Å². The molecule has 0 saturated carbocycles. The third-order valence-corrected chi connectivity index (χ3v) is 5.19. The van der Waals surface area contributed by atoms with Gasteiger partial charge in [0, 0.05) is 19.1 Å². The van der Waals surface area contributed by atoms with Gasteiger partial charge in [0.2, 0.25) is 0 Å². The summed E-state index contributed by atoms with van der Waals surface area (Å²) in [6.07, 6.45) is 5.72. The maximum absolute atomic E-state index is 12.8. The number of benzene rings is 1. The van der Waals surface area contributed by atoms with Gasteiger partial charge in [0.15, 0.2) is 0 Å². The average Bonchev–Trinajstić information content (AvgIpc) is 3.08. The summed E-state index contributed by atoms with van der Waals surface area (Å²) in [6.45, 7) is 9.65. The number of piperidine rings is 1. The zero-order valence-corrected chi connectivity index (χ0v) is 16.2. The Kier molecular flexibility index (Phi) is 6.09. The molecule has 1 fully saturated rings. The van der Waals surface area contributed by atoms with Crippen LogP contribution in [0.1, 0.15) is 54.7 Å². The molecule has 0 atom stereocenters. The summed E-state index contributed by atoms with van der Waals surface area (Å²) < 4.78 is 1.89. The molecule has 1 saturated heterocycles. The van der Waals surface area contributed by atoms with E-state index in [2.05, 4.69) is 48.2 Å². The SMILES string of the molecule is CCCN1CCC(NC(=O)c2cnn(-c3ccc(C)cc3)c2CC)CC1. The van der Waals surface area contributed by atoms with Gasteiger partial charge >= 0.3 is 0 Å². The second kappa shape index (κ2) is 8.49. The highest BCUT2D eigenvalue weighted by molar-refractivity contribution is 5.95. The number of hydrogen-bond acceptors (Lipinski definition) is 3. The number of aryl methyl sites for hydroxylation is 1. The van der Waals surface area contributed by atoms with Crippen LogP contribution in [0.4, 0.5) is 0 Å². The lowest BCUT2D eigenvalue weighted by Crippen LogP contribution is -2.44. The number of nitrogens with zero attached hydrogens (tertiary/aromatic N) is 3.